The SMILES string of the molecule is COc1cccc(OC)c1-c1cc(C2CCCC2)nc(N)c1C#N. The van der Waals surface area contributed by atoms with Crippen LogP contribution in [0.15, 0.2) is 24.3 Å². The molecule has 0 unspecified atom stereocenters. The lowest BCUT2D eigenvalue weighted by molar-refractivity contribution is 0.397. The molecule has 1 heterocycles. The van der Waals surface area contributed by atoms with E-state index in [1.54, 1.807) is 14.2 Å². The van der Waals surface area contributed by atoms with Gasteiger partial charge >= 0.3 is 0 Å². The van der Waals surface area contributed by atoms with Crippen LogP contribution in [0, 0.1) is 11.3 Å². The summed E-state index contributed by atoms with van der Waals surface area (Å²) < 4.78 is 11.0. The van der Waals surface area contributed by atoms with Crippen molar-refractivity contribution in [3.05, 3.63) is 35.5 Å². The summed E-state index contributed by atoms with van der Waals surface area (Å²) in [5, 5.41) is 9.59. The summed E-state index contributed by atoms with van der Waals surface area (Å²) in [7, 11) is 3.21. The van der Waals surface area contributed by atoms with Crippen LogP contribution in [0.4, 0.5) is 5.82 Å². The van der Waals surface area contributed by atoms with Crippen LogP contribution in [0.25, 0.3) is 11.1 Å². The van der Waals surface area contributed by atoms with Crippen molar-refractivity contribution in [3.8, 4) is 28.7 Å². The minimum absolute atomic E-state index is 0.268. The highest BCUT2D eigenvalue weighted by atomic mass is 16.5. The summed E-state index contributed by atoms with van der Waals surface area (Å²) in [5.74, 6) is 1.96. The van der Waals surface area contributed by atoms with E-state index < -0.39 is 0 Å². The first-order chi connectivity index (χ1) is 11.7. The van der Waals surface area contributed by atoms with Crippen LogP contribution in [-0.4, -0.2) is 19.2 Å². The lowest BCUT2D eigenvalue weighted by Gasteiger charge is -2.17. The van der Waals surface area contributed by atoms with Gasteiger partial charge in [0.1, 0.15) is 28.9 Å². The van der Waals surface area contributed by atoms with Crippen molar-refractivity contribution >= 4 is 5.82 Å². The molecular formula is C19H21N3O2. The van der Waals surface area contributed by atoms with Gasteiger partial charge in [-0.3, -0.25) is 0 Å². The average Bonchev–Trinajstić information content (AvgIpc) is 3.14. The van der Waals surface area contributed by atoms with E-state index in [2.05, 4.69) is 11.1 Å². The number of aromatic nitrogens is 1. The molecule has 0 amide bonds. The molecule has 0 saturated heterocycles. The van der Waals surface area contributed by atoms with Crippen LogP contribution in [0.2, 0.25) is 0 Å². The van der Waals surface area contributed by atoms with Crippen LogP contribution < -0.4 is 15.2 Å². The first-order valence-electron chi connectivity index (χ1n) is 8.11. The van der Waals surface area contributed by atoms with Crippen molar-refractivity contribution in [2.45, 2.75) is 31.6 Å². The highest BCUT2D eigenvalue weighted by Crippen LogP contribution is 2.43. The van der Waals surface area contributed by atoms with E-state index >= 15 is 0 Å². The summed E-state index contributed by atoms with van der Waals surface area (Å²) in [5.41, 5.74) is 8.88. The van der Waals surface area contributed by atoms with Gasteiger partial charge in [-0.25, -0.2) is 4.98 Å². The molecule has 5 nitrogen and oxygen atoms in total. The number of hydrogen-bond donors (Lipinski definition) is 1. The molecule has 0 aliphatic heterocycles. The van der Waals surface area contributed by atoms with Crippen molar-refractivity contribution in [2.75, 3.05) is 20.0 Å². The normalized spacial score (nSPS) is 14.4. The van der Waals surface area contributed by atoms with E-state index in [1.165, 1.54) is 12.8 Å². The summed E-state index contributed by atoms with van der Waals surface area (Å²) in [6.45, 7) is 0. The maximum atomic E-state index is 9.59. The quantitative estimate of drug-likeness (QED) is 0.923. The fourth-order valence-corrected chi connectivity index (χ4v) is 3.45. The van der Waals surface area contributed by atoms with Gasteiger partial charge in [0, 0.05) is 17.2 Å². The van der Waals surface area contributed by atoms with E-state index in [0.717, 1.165) is 29.7 Å². The summed E-state index contributed by atoms with van der Waals surface area (Å²) in [6, 6.07) is 9.72. The zero-order valence-corrected chi connectivity index (χ0v) is 14.0. The van der Waals surface area contributed by atoms with Crippen LogP contribution in [0.1, 0.15) is 42.9 Å². The Balaban J connectivity index is 2.25. The fraction of sp³-hybridized carbons (Fsp3) is 0.368. The summed E-state index contributed by atoms with van der Waals surface area (Å²) in [4.78, 5) is 4.50. The first kappa shape index (κ1) is 16.1. The van der Waals surface area contributed by atoms with Crippen LogP contribution in [-0.2, 0) is 0 Å². The number of hydrogen-bond acceptors (Lipinski definition) is 5. The smallest absolute Gasteiger partial charge is 0.142 e. The molecule has 2 N–H and O–H groups in total. The second-order valence-corrected chi connectivity index (χ2v) is 5.99. The van der Waals surface area contributed by atoms with Crippen LogP contribution in [0.3, 0.4) is 0 Å². The molecule has 0 spiro atoms. The van der Waals surface area contributed by atoms with Crippen molar-refractivity contribution in [3.63, 3.8) is 0 Å². The molecule has 2 aromatic rings. The average molecular weight is 323 g/mol. The molecule has 0 bridgehead atoms. The van der Waals surface area contributed by atoms with E-state index in [-0.39, 0.29) is 5.82 Å². The second-order valence-electron chi connectivity index (χ2n) is 5.99. The molecule has 124 valence electrons. The number of nitrogens with zero attached hydrogens (tertiary/aromatic N) is 2. The number of benzene rings is 1. The number of nitrogen functional groups attached to an aromatic ring is 1. The summed E-state index contributed by atoms with van der Waals surface area (Å²) >= 11 is 0. The molecular weight excluding hydrogens is 302 g/mol. The van der Waals surface area contributed by atoms with Gasteiger partial charge in [0.2, 0.25) is 0 Å². The van der Waals surface area contributed by atoms with Gasteiger partial charge in [-0.1, -0.05) is 18.9 Å². The van der Waals surface area contributed by atoms with Crippen molar-refractivity contribution < 1.29 is 9.47 Å². The van der Waals surface area contributed by atoms with E-state index in [9.17, 15) is 5.26 Å². The Hall–Kier alpha value is -2.74. The van der Waals surface area contributed by atoms with E-state index in [0.29, 0.717) is 23.0 Å². The first-order valence-corrected chi connectivity index (χ1v) is 8.11. The van der Waals surface area contributed by atoms with E-state index in [1.807, 2.05) is 24.3 Å². The Labute approximate surface area is 142 Å². The number of methoxy groups -OCH3 is 2. The van der Waals surface area contributed by atoms with Gasteiger partial charge in [-0.05, 0) is 31.0 Å². The molecule has 0 radical (unpaired) electrons. The standard InChI is InChI=1S/C19H21N3O2/c1-23-16-8-5-9-17(24-2)18(16)13-10-15(12-6-3-4-7-12)22-19(21)14(13)11-20/h5,8-10,12H,3-4,6-7H2,1-2H3,(H2,21,22). The minimum atomic E-state index is 0.268. The predicted molar refractivity (Wildman–Crippen MR) is 93.1 cm³/mol. The van der Waals surface area contributed by atoms with Gasteiger partial charge in [-0.15, -0.1) is 0 Å². The number of pyridine rings is 1. The maximum absolute atomic E-state index is 9.59. The molecule has 24 heavy (non-hydrogen) atoms. The molecule has 1 aliphatic carbocycles. The summed E-state index contributed by atoms with van der Waals surface area (Å²) in [6.07, 6.45) is 4.64. The molecule has 1 fully saturated rings. The Morgan fingerprint density at radius 1 is 1.17 bits per heavy atom. The number of nitrogens with two attached hydrogens (primary N) is 1. The Morgan fingerprint density at radius 3 is 2.33 bits per heavy atom. The Morgan fingerprint density at radius 2 is 1.79 bits per heavy atom. The zero-order valence-electron chi connectivity index (χ0n) is 14.0. The third-order valence-electron chi connectivity index (χ3n) is 4.65. The van der Waals surface area contributed by atoms with Gasteiger partial charge in [0.15, 0.2) is 0 Å². The van der Waals surface area contributed by atoms with Gasteiger partial charge in [0.25, 0.3) is 0 Å². The third-order valence-corrected chi connectivity index (χ3v) is 4.65. The molecule has 1 saturated carbocycles. The lowest BCUT2D eigenvalue weighted by atomic mass is 9.94. The largest absolute Gasteiger partial charge is 0.496 e. The minimum Gasteiger partial charge on any atom is -0.496 e. The predicted octanol–water partition coefficient (Wildman–Crippen LogP) is 3.88. The number of ether oxygens (including phenoxy) is 2. The molecule has 1 aromatic heterocycles. The molecule has 1 aliphatic rings. The number of rotatable bonds is 4. The maximum Gasteiger partial charge on any atom is 0.142 e. The number of anilines is 1. The van der Waals surface area contributed by atoms with Crippen LogP contribution in [0.5, 0.6) is 11.5 Å². The third kappa shape index (κ3) is 2.76. The van der Waals surface area contributed by atoms with Gasteiger partial charge < -0.3 is 15.2 Å². The monoisotopic (exact) mass is 323 g/mol. The van der Waals surface area contributed by atoms with Crippen LogP contribution >= 0.6 is 0 Å². The van der Waals surface area contributed by atoms with Crippen molar-refractivity contribution in [1.82, 2.24) is 4.98 Å². The number of nitriles is 1. The highest BCUT2D eigenvalue weighted by Gasteiger charge is 2.24. The Bertz CT molecular complexity index is 768. The Kier molecular flexibility index (Phi) is 4.57. The lowest BCUT2D eigenvalue weighted by Crippen LogP contribution is -2.05. The van der Waals surface area contributed by atoms with E-state index in [4.69, 9.17) is 15.2 Å². The molecule has 1 aromatic carbocycles. The van der Waals surface area contributed by atoms with Crippen molar-refractivity contribution in [2.24, 2.45) is 0 Å². The topological polar surface area (TPSA) is 81.2 Å². The highest BCUT2D eigenvalue weighted by molar-refractivity contribution is 5.84. The second kappa shape index (κ2) is 6.79. The molecule has 5 heteroatoms. The van der Waals surface area contributed by atoms with Gasteiger partial charge in [0.05, 0.1) is 19.8 Å². The zero-order chi connectivity index (χ0) is 17.1. The van der Waals surface area contributed by atoms with Gasteiger partial charge in [-0.2, -0.15) is 5.26 Å². The molecule has 3 rings (SSSR count). The van der Waals surface area contributed by atoms with Crippen molar-refractivity contribution in [1.29, 1.82) is 5.26 Å². The molecule has 0 atom stereocenters. The fourth-order valence-electron chi connectivity index (χ4n) is 3.45.